The number of rotatable bonds is 6. The van der Waals surface area contributed by atoms with Gasteiger partial charge in [-0.25, -0.2) is 4.79 Å². The maximum Gasteiger partial charge on any atom is 0.336 e. The van der Waals surface area contributed by atoms with Crippen LogP contribution < -0.4 is 10.9 Å². The molecule has 0 amide bonds. The molecular weight excluding hydrogens is 336 g/mol. The van der Waals surface area contributed by atoms with Crippen molar-refractivity contribution in [2.45, 2.75) is 32.7 Å². The predicted molar refractivity (Wildman–Crippen MR) is 111 cm³/mol. The Morgan fingerprint density at radius 2 is 1.96 bits per heavy atom. The van der Waals surface area contributed by atoms with Crippen molar-refractivity contribution >= 4 is 21.7 Å². The fourth-order valence-electron chi connectivity index (χ4n) is 4.10. The van der Waals surface area contributed by atoms with Gasteiger partial charge in [-0.05, 0) is 73.8 Å². The molecule has 0 radical (unpaired) electrons. The minimum absolute atomic E-state index is 0.281. The van der Waals surface area contributed by atoms with Crippen LogP contribution in [0.2, 0.25) is 0 Å². The van der Waals surface area contributed by atoms with Crippen LogP contribution in [0.4, 0.5) is 0 Å². The Kier molecular flexibility index (Phi) is 5.55. The summed E-state index contributed by atoms with van der Waals surface area (Å²) in [6.45, 7) is 7.62. The van der Waals surface area contributed by atoms with Crippen molar-refractivity contribution in [3.05, 3.63) is 58.4 Å². The van der Waals surface area contributed by atoms with Gasteiger partial charge in [-0.1, -0.05) is 37.3 Å². The van der Waals surface area contributed by atoms with Crippen molar-refractivity contribution in [3.8, 4) is 0 Å². The van der Waals surface area contributed by atoms with E-state index >= 15 is 0 Å². The summed E-state index contributed by atoms with van der Waals surface area (Å²) >= 11 is 0. The van der Waals surface area contributed by atoms with Gasteiger partial charge >= 0.3 is 5.63 Å². The van der Waals surface area contributed by atoms with Crippen LogP contribution in [0.1, 0.15) is 31.7 Å². The van der Waals surface area contributed by atoms with Crippen molar-refractivity contribution in [2.75, 3.05) is 26.2 Å². The van der Waals surface area contributed by atoms with Crippen molar-refractivity contribution in [2.24, 2.45) is 5.92 Å². The quantitative estimate of drug-likeness (QED) is 0.405. The Balaban J connectivity index is 1.42. The molecule has 27 heavy (non-hydrogen) atoms. The van der Waals surface area contributed by atoms with Gasteiger partial charge < -0.3 is 14.6 Å². The number of hydrogen-bond donors (Lipinski definition) is 1. The molecule has 1 aliphatic rings. The number of likely N-dealkylation sites (tertiary alicyclic amines) is 1. The zero-order valence-corrected chi connectivity index (χ0v) is 16.0. The van der Waals surface area contributed by atoms with Gasteiger partial charge in [-0.2, -0.15) is 0 Å². The molecular formula is C23H28N2O2. The van der Waals surface area contributed by atoms with E-state index in [1.165, 1.54) is 31.3 Å². The van der Waals surface area contributed by atoms with E-state index in [1.807, 2.05) is 24.3 Å². The molecule has 142 valence electrons. The Labute approximate surface area is 160 Å². The largest absolute Gasteiger partial charge is 0.423 e. The SMILES string of the molecule is CC1CCN(CCCNCc2cc(=O)oc3ccc4ccccc4c23)CC1. The van der Waals surface area contributed by atoms with Crippen LogP contribution in [-0.4, -0.2) is 31.1 Å². The van der Waals surface area contributed by atoms with Gasteiger partial charge in [0, 0.05) is 18.0 Å². The molecule has 1 fully saturated rings. The summed E-state index contributed by atoms with van der Waals surface area (Å²) in [5, 5.41) is 6.88. The Morgan fingerprint density at radius 3 is 2.81 bits per heavy atom. The average molecular weight is 364 g/mol. The smallest absolute Gasteiger partial charge is 0.336 e. The van der Waals surface area contributed by atoms with Crippen molar-refractivity contribution < 1.29 is 4.42 Å². The van der Waals surface area contributed by atoms with E-state index < -0.39 is 0 Å². The number of hydrogen-bond acceptors (Lipinski definition) is 4. The van der Waals surface area contributed by atoms with Crippen LogP contribution in [-0.2, 0) is 6.54 Å². The summed E-state index contributed by atoms with van der Waals surface area (Å²) in [6, 6.07) is 13.8. The Morgan fingerprint density at radius 1 is 1.15 bits per heavy atom. The van der Waals surface area contributed by atoms with Gasteiger partial charge in [0.05, 0.1) is 0 Å². The second kappa shape index (κ2) is 8.24. The second-order valence-corrected chi connectivity index (χ2v) is 7.81. The average Bonchev–Trinajstić information content (AvgIpc) is 2.68. The monoisotopic (exact) mass is 364 g/mol. The van der Waals surface area contributed by atoms with Crippen molar-refractivity contribution in [1.82, 2.24) is 10.2 Å². The molecule has 4 nitrogen and oxygen atoms in total. The third-order valence-corrected chi connectivity index (χ3v) is 5.73. The lowest BCUT2D eigenvalue weighted by atomic mass is 9.99. The first-order valence-corrected chi connectivity index (χ1v) is 10.1. The van der Waals surface area contributed by atoms with E-state index in [0.29, 0.717) is 12.1 Å². The zero-order chi connectivity index (χ0) is 18.6. The lowest BCUT2D eigenvalue weighted by Gasteiger charge is -2.30. The number of piperidine rings is 1. The van der Waals surface area contributed by atoms with Crippen LogP contribution in [0.5, 0.6) is 0 Å². The normalized spacial score (nSPS) is 16.3. The minimum Gasteiger partial charge on any atom is -0.423 e. The first-order valence-electron chi connectivity index (χ1n) is 10.1. The summed E-state index contributed by atoms with van der Waals surface area (Å²) < 4.78 is 5.44. The number of benzene rings is 2. The van der Waals surface area contributed by atoms with E-state index in [2.05, 4.69) is 29.3 Å². The van der Waals surface area contributed by atoms with Crippen LogP contribution >= 0.6 is 0 Å². The molecule has 4 rings (SSSR count). The number of nitrogens with one attached hydrogen (secondary N) is 1. The van der Waals surface area contributed by atoms with Gasteiger partial charge in [0.2, 0.25) is 0 Å². The molecule has 0 spiro atoms. The van der Waals surface area contributed by atoms with Crippen LogP contribution in [0.15, 0.2) is 51.7 Å². The van der Waals surface area contributed by atoms with E-state index in [-0.39, 0.29) is 5.63 Å². The van der Waals surface area contributed by atoms with Gasteiger partial charge in [-0.3, -0.25) is 0 Å². The number of fused-ring (bicyclic) bond motifs is 3. The van der Waals surface area contributed by atoms with Gasteiger partial charge in [0.15, 0.2) is 0 Å². The Bertz CT molecular complexity index is 971. The van der Waals surface area contributed by atoms with E-state index in [9.17, 15) is 4.79 Å². The number of nitrogens with zero attached hydrogens (tertiary/aromatic N) is 1. The molecule has 1 N–H and O–H groups in total. The topological polar surface area (TPSA) is 45.5 Å². The fourth-order valence-corrected chi connectivity index (χ4v) is 4.10. The van der Waals surface area contributed by atoms with Crippen LogP contribution in [0.25, 0.3) is 21.7 Å². The van der Waals surface area contributed by atoms with E-state index in [1.54, 1.807) is 6.07 Å². The standard InChI is InChI=1S/C23H28N2O2/c1-17-9-13-25(14-10-17)12-4-11-24-16-19-15-22(26)27-21-8-7-18-5-2-3-6-20(18)23(19)21/h2-3,5-8,15,17,24H,4,9-14,16H2,1H3. The summed E-state index contributed by atoms with van der Waals surface area (Å²) in [6.07, 6.45) is 3.78. The molecule has 2 aromatic carbocycles. The molecule has 4 heteroatoms. The highest BCUT2D eigenvalue weighted by Crippen LogP contribution is 2.27. The zero-order valence-electron chi connectivity index (χ0n) is 16.0. The molecule has 0 unspecified atom stereocenters. The molecule has 1 aromatic heterocycles. The van der Waals surface area contributed by atoms with Crippen molar-refractivity contribution in [3.63, 3.8) is 0 Å². The molecule has 0 atom stereocenters. The fraction of sp³-hybridized carbons (Fsp3) is 0.435. The summed E-state index contributed by atoms with van der Waals surface area (Å²) in [5.41, 5.74) is 1.40. The second-order valence-electron chi connectivity index (χ2n) is 7.81. The van der Waals surface area contributed by atoms with Gasteiger partial charge in [0.25, 0.3) is 0 Å². The molecule has 0 bridgehead atoms. The predicted octanol–water partition coefficient (Wildman–Crippen LogP) is 4.16. The van der Waals surface area contributed by atoms with E-state index in [0.717, 1.165) is 41.8 Å². The lowest BCUT2D eigenvalue weighted by molar-refractivity contribution is 0.190. The third kappa shape index (κ3) is 4.23. The lowest BCUT2D eigenvalue weighted by Crippen LogP contribution is -2.34. The first kappa shape index (κ1) is 18.2. The highest BCUT2D eigenvalue weighted by molar-refractivity contribution is 6.07. The van der Waals surface area contributed by atoms with Crippen molar-refractivity contribution in [1.29, 1.82) is 0 Å². The summed E-state index contributed by atoms with van der Waals surface area (Å²) in [7, 11) is 0. The molecule has 3 aromatic rings. The summed E-state index contributed by atoms with van der Waals surface area (Å²) in [4.78, 5) is 14.5. The van der Waals surface area contributed by atoms with Crippen LogP contribution in [0, 0.1) is 5.92 Å². The minimum atomic E-state index is -0.281. The molecule has 0 saturated carbocycles. The molecule has 1 saturated heterocycles. The maximum atomic E-state index is 12.0. The molecule has 0 aliphatic carbocycles. The van der Waals surface area contributed by atoms with E-state index in [4.69, 9.17) is 4.42 Å². The maximum absolute atomic E-state index is 12.0. The highest BCUT2D eigenvalue weighted by Gasteiger charge is 2.15. The first-order chi connectivity index (χ1) is 13.2. The molecule has 2 heterocycles. The molecule has 1 aliphatic heterocycles. The highest BCUT2D eigenvalue weighted by atomic mass is 16.4. The van der Waals surface area contributed by atoms with Gasteiger partial charge in [0.1, 0.15) is 5.58 Å². The van der Waals surface area contributed by atoms with Crippen LogP contribution in [0.3, 0.4) is 0 Å². The Hall–Kier alpha value is -2.17. The third-order valence-electron chi connectivity index (χ3n) is 5.73. The van der Waals surface area contributed by atoms with Gasteiger partial charge in [-0.15, -0.1) is 0 Å². The summed E-state index contributed by atoms with van der Waals surface area (Å²) in [5.74, 6) is 0.882.